The van der Waals surface area contributed by atoms with Gasteiger partial charge >= 0.3 is 12.4 Å². The molecule has 0 spiro atoms. The van der Waals surface area contributed by atoms with Gasteiger partial charge in [-0.1, -0.05) is 12.1 Å². The van der Waals surface area contributed by atoms with Crippen molar-refractivity contribution in [2.75, 3.05) is 0 Å². The third-order valence-electron chi connectivity index (χ3n) is 2.38. The van der Waals surface area contributed by atoms with Crippen LogP contribution in [0.4, 0.5) is 26.3 Å². The van der Waals surface area contributed by atoms with Crippen LogP contribution in [0.15, 0.2) is 36.5 Å². The van der Waals surface area contributed by atoms with Gasteiger partial charge in [-0.3, -0.25) is 4.98 Å². The van der Waals surface area contributed by atoms with E-state index in [1.807, 2.05) is 0 Å². The smallest absolute Gasteiger partial charge is 0.252 e. The van der Waals surface area contributed by atoms with Crippen molar-refractivity contribution in [2.24, 2.45) is 0 Å². The molecule has 0 N–H and O–H groups in total. The first-order chi connectivity index (χ1) is 10.00. The van der Waals surface area contributed by atoms with E-state index >= 15 is 0 Å². The Morgan fingerprint density at radius 1 is 0.773 bits per heavy atom. The monoisotopic (exact) mass is 322 g/mol. The SMILES string of the molecule is Cc1ccc(C(F)(F)F)nc1.Cc1cccc(C(F)(F)F)n1. The average Bonchev–Trinajstić information content (AvgIpc) is 2.38. The molecule has 0 radical (unpaired) electrons. The molecule has 0 aromatic carbocycles. The molecule has 2 heterocycles. The summed E-state index contributed by atoms with van der Waals surface area (Å²) in [5.74, 6) is 0. The highest BCUT2D eigenvalue weighted by Crippen LogP contribution is 2.27. The van der Waals surface area contributed by atoms with Crippen molar-refractivity contribution in [3.63, 3.8) is 0 Å². The maximum atomic E-state index is 11.9. The second-order valence-electron chi connectivity index (χ2n) is 4.38. The van der Waals surface area contributed by atoms with E-state index in [1.165, 1.54) is 31.3 Å². The minimum atomic E-state index is -4.33. The largest absolute Gasteiger partial charge is 0.433 e. The second kappa shape index (κ2) is 6.76. The summed E-state index contributed by atoms with van der Waals surface area (Å²) in [5.41, 5.74) is -0.585. The van der Waals surface area contributed by atoms with Gasteiger partial charge in [-0.25, -0.2) is 4.98 Å². The lowest BCUT2D eigenvalue weighted by Crippen LogP contribution is -2.07. The molecule has 2 aromatic rings. The Labute approximate surface area is 122 Å². The number of aryl methyl sites for hydroxylation is 2. The molecule has 0 unspecified atom stereocenters. The molecule has 0 aliphatic rings. The summed E-state index contributed by atoms with van der Waals surface area (Å²) in [6.07, 6.45) is -7.46. The highest BCUT2D eigenvalue weighted by atomic mass is 19.4. The van der Waals surface area contributed by atoms with Crippen molar-refractivity contribution in [1.82, 2.24) is 9.97 Å². The predicted octanol–water partition coefficient (Wildman–Crippen LogP) is 4.82. The highest BCUT2D eigenvalue weighted by Gasteiger charge is 2.32. The van der Waals surface area contributed by atoms with E-state index in [-0.39, 0.29) is 0 Å². The topological polar surface area (TPSA) is 25.8 Å². The zero-order valence-electron chi connectivity index (χ0n) is 11.6. The van der Waals surface area contributed by atoms with Crippen molar-refractivity contribution >= 4 is 0 Å². The Balaban J connectivity index is 0.000000220. The van der Waals surface area contributed by atoms with E-state index in [0.717, 1.165) is 17.7 Å². The van der Waals surface area contributed by atoms with Crippen molar-refractivity contribution in [3.05, 3.63) is 59.2 Å². The number of hydrogen-bond acceptors (Lipinski definition) is 2. The number of aromatic nitrogens is 2. The number of alkyl halides is 6. The highest BCUT2D eigenvalue weighted by molar-refractivity contribution is 5.14. The fraction of sp³-hybridized carbons (Fsp3) is 0.286. The van der Waals surface area contributed by atoms with Crippen LogP contribution in [0.5, 0.6) is 0 Å². The van der Waals surface area contributed by atoms with Gasteiger partial charge in [0.25, 0.3) is 0 Å². The summed E-state index contributed by atoms with van der Waals surface area (Å²) >= 11 is 0. The van der Waals surface area contributed by atoms with Crippen molar-refractivity contribution in [3.8, 4) is 0 Å². The van der Waals surface area contributed by atoms with Crippen LogP contribution in [0.25, 0.3) is 0 Å². The van der Waals surface area contributed by atoms with Crippen LogP contribution in [0, 0.1) is 13.8 Å². The van der Waals surface area contributed by atoms with Gasteiger partial charge in [0.2, 0.25) is 0 Å². The van der Waals surface area contributed by atoms with Gasteiger partial charge in [-0.2, -0.15) is 26.3 Å². The molecule has 22 heavy (non-hydrogen) atoms. The maximum Gasteiger partial charge on any atom is 0.433 e. The van der Waals surface area contributed by atoms with Gasteiger partial charge in [-0.15, -0.1) is 0 Å². The fourth-order valence-corrected chi connectivity index (χ4v) is 1.34. The number of rotatable bonds is 0. The summed E-state index contributed by atoms with van der Waals surface area (Å²) in [6, 6.07) is 6.17. The zero-order valence-corrected chi connectivity index (χ0v) is 11.6. The Hall–Kier alpha value is -2.12. The van der Waals surface area contributed by atoms with E-state index in [0.29, 0.717) is 5.69 Å². The molecule has 0 fully saturated rings. The van der Waals surface area contributed by atoms with E-state index in [9.17, 15) is 26.3 Å². The van der Waals surface area contributed by atoms with Crippen molar-refractivity contribution < 1.29 is 26.3 Å². The first kappa shape index (κ1) is 17.9. The Bertz CT molecular complexity index is 602. The van der Waals surface area contributed by atoms with Gasteiger partial charge in [0.05, 0.1) is 0 Å². The maximum absolute atomic E-state index is 11.9. The quantitative estimate of drug-likeness (QED) is 0.650. The molecule has 2 aromatic heterocycles. The molecule has 8 heteroatoms. The first-order valence-corrected chi connectivity index (χ1v) is 6.01. The van der Waals surface area contributed by atoms with Gasteiger partial charge in [0.1, 0.15) is 11.4 Å². The molecule has 0 saturated carbocycles. The molecular weight excluding hydrogens is 310 g/mol. The Kier molecular flexibility index (Phi) is 5.51. The minimum Gasteiger partial charge on any atom is -0.252 e. The average molecular weight is 322 g/mol. The normalized spacial score (nSPS) is 11.6. The summed E-state index contributed by atoms with van der Waals surface area (Å²) in [4.78, 5) is 6.54. The molecule has 2 rings (SSSR count). The van der Waals surface area contributed by atoms with Crippen LogP contribution in [0.2, 0.25) is 0 Å². The van der Waals surface area contributed by atoms with Crippen LogP contribution in [-0.2, 0) is 12.4 Å². The third-order valence-corrected chi connectivity index (χ3v) is 2.38. The molecule has 0 amide bonds. The summed E-state index contributed by atoms with van der Waals surface area (Å²) in [6.45, 7) is 3.21. The molecule has 0 aliphatic carbocycles. The molecule has 0 saturated heterocycles. The van der Waals surface area contributed by atoms with Crippen molar-refractivity contribution in [2.45, 2.75) is 26.2 Å². The van der Waals surface area contributed by atoms with Crippen LogP contribution < -0.4 is 0 Å². The summed E-state index contributed by atoms with van der Waals surface area (Å²) in [5, 5.41) is 0. The van der Waals surface area contributed by atoms with E-state index < -0.39 is 23.7 Å². The van der Waals surface area contributed by atoms with E-state index in [4.69, 9.17) is 0 Å². The first-order valence-electron chi connectivity index (χ1n) is 6.01. The summed E-state index contributed by atoms with van der Waals surface area (Å²) in [7, 11) is 0. The molecule has 2 nitrogen and oxygen atoms in total. The number of pyridine rings is 2. The number of halogens is 6. The van der Waals surface area contributed by atoms with Crippen LogP contribution in [-0.4, -0.2) is 9.97 Å². The zero-order chi connectivity index (χ0) is 17.0. The summed E-state index contributed by atoms with van der Waals surface area (Å²) < 4.78 is 71.3. The lowest BCUT2D eigenvalue weighted by atomic mass is 10.3. The molecule has 120 valence electrons. The Morgan fingerprint density at radius 2 is 1.36 bits per heavy atom. The minimum absolute atomic E-state index is 0.375. The second-order valence-corrected chi connectivity index (χ2v) is 4.38. The standard InChI is InChI=1S/2C7H6F3N/c1-5-2-3-6(11-4-5)7(8,9)10;1-5-3-2-4-6(11-5)7(8,9)10/h2*2-4H,1H3. The van der Waals surface area contributed by atoms with Gasteiger partial charge in [0.15, 0.2) is 0 Å². The fourth-order valence-electron chi connectivity index (χ4n) is 1.34. The molecule has 0 bridgehead atoms. The van der Waals surface area contributed by atoms with E-state index in [1.54, 1.807) is 6.92 Å². The molecule has 0 atom stereocenters. The molecular formula is C14H12F6N2. The van der Waals surface area contributed by atoms with E-state index in [2.05, 4.69) is 9.97 Å². The van der Waals surface area contributed by atoms with Crippen LogP contribution >= 0.6 is 0 Å². The predicted molar refractivity (Wildman–Crippen MR) is 68.0 cm³/mol. The van der Waals surface area contributed by atoms with Crippen LogP contribution in [0.3, 0.4) is 0 Å². The molecule has 0 aliphatic heterocycles. The lowest BCUT2D eigenvalue weighted by molar-refractivity contribution is -0.142. The Morgan fingerprint density at radius 3 is 1.73 bits per heavy atom. The van der Waals surface area contributed by atoms with Gasteiger partial charge in [0, 0.05) is 11.9 Å². The lowest BCUT2D eigenvalue weighted by Gasteiger charge is -2.04. The number of nitrogens with zero attached hydrogens (tertiary/aromatic N) is 2. The van der Waals surface area contributed by atoms with Gasteiger partial charge < -0.3 is 0 Å². The number of hydrogen-bond donors (Lipinski definition) is 0. The van der Waals surface area contributed by atoms with Crippen LogP contribution in [0.1, 0.15) is 22.6 Å². The third kappa shape index (κ3) is 5.71. The van der Waals surface area contributed by atoms with Gasteiger partial charge in [-0.05, 0) is 37.6 Å². The van der Waals surface area contributed by atoms with Crippen molar-refractivity contribution in [1.29, 1.82) is 0 Å².